The minimum atomic E-state index is -0.594. The maximum absolute atomic E-state index is 12.1. The number of nitrogens with zero attached hydrogens (tertiary/aromatic N) is 5. The Hall–Kier alpha value is -3.58. The van der Waals surface area contributed by atoms with E-state index in [0.29, 0.717) is 4.88 Å². The van der Waals surface area contributed by atoms with Gasteiger partial charge < -0.3 is 0 Å². The number of nitrogens with one attached hydrogen (secondary N) is 1. The van der Waals surface area contributed by atoms with Crippen LogP contribution in [0.4, 0.5) is 21.0 Å². The molecule has 13 heteroatoms. The van der Waals surface area contributed by atoms with E-state index in [9.17, 15) is 25.0 Å². The van der Waals surface area contributed by atoms with Crippen LogP contribution in [-0.4, -0.2) is 32.2 Å². The summed E-state index contributed by atoms with van der Waals surface area (Å²) in [5.41, 5.74) is -0.0920. The minimum Gasteiger partial charge on any atom is -0.296 e. The monoisotopic (exact) mass is 404 g/mol. The lowest BCUT2D eigenvalue weighted by molar-refractivity contribution is -0.384. The van der Waals surface area contributed by atoms with Crippen molar-refractivity contribution in [2.75, 3.05) is 5.32 Å². The lowest BCUT2D eigenvalue weighted by Crippen LogP contribution is -2.11. The largest absolute Gasteiger partial charge is 0.324 e. The summed E-state index contributed by atoms with van der Waals surface area (Å²) in [6, 6.07) is 8.20. The van der Waals surface area contributed by atoms with Gasteiger partial charge in [0.1, 0.15) is 0 Å². The van der Waals surface area contributed by atoms with E-state index in [-0.39, 0.29) is 26.5 Å². The number of thiophene rings is 1. The first-order chi connectivity index (χ1) is 12.9. The molecule has 0 spiro atoms. The summed E-state index contributed by atoms with van der Waals surface area (Å²) in [4.78, 5) is 37.1. The fraction of sp³-hybridized carbons (Fsp3) is 0. The van der Waals surface area contributed by atoms with Gasteiger partial charge in [-0.25, -0.2) is 4.99 Å². The average Bonchev–Trinajstić information content (AvgIpc) is 3.29. The van der Waals surface area contributed by atoms with Crippen molar-refractivity contribution in [3.05, 3.63) is 67.1 Å². The van der Waals surface area contributed by atoms with Crippen molar-refractivity contribution in [3.8, 4) is 0 Å². The fourth-order valence-corrected chi connectivity index (χ4v) is 3.16. The molecule has 0 bridgehead atoms. The Labute approximate surface area is 158 Å². The molecule has 1 amide bonds. The number of nitro benzene ring substituents is 1. The minimum absolute atomic E-state index is 0.00128. The molecule has 3 rings (SSSR count). The topological polar surface area (TPSA) is 154 Å². The maximum Gasteiger partial charge on any atom is 0.324 e. The molecule has 0 unspecified atom stereocenters. The predicted octanol–water partition coefficient (Wildman–Crippen LogP) is 3.42. The zero-order valence-corrected chi connectivity index (χ0v) is 14.8. The van der Waals surface area contributed by atoms with Gasteiger partial charge in [-0.1, -0.05) is 28.7 Å². The quantitative estimate of drug-likeness (QED) is 0.375. The van der Waals surface area contributed by atoms with Gasteiger partial charge in [0.25, 0.3) is 11.6 Å². The first kappa shape index (κ1) is 18.2. The Morgan fingerprint density at radius 3 is 2.63 bits per heavy atom. The van der Waals surface area contributed by atoms with Crippen LogP contribution in [0.3, 0.4) is 0 Å². The smallest absolute Gasteiger partial charge is 0.296 e. The predicted molar refractivity (Wildman–Crippen MR) is 99.2 cm³/mol. The Morgan fingerprint density at radius 1 is 1.11 bits per heavy atom. The highest BCUT2D eigenvalue weighted by atomic mass is 32.1. The zero-order chi connectivity index (χ0) is 19.4. The van der Waals surface area contributed by atoms with Gasteiger partial charge in [0.2, 0.25) is 10.3 Å². The van der Waals surface area contributed by atoms with Gasteiger partial charge in [-0.15, -0.1) is 10.2 Å². The third kappa shape index (κ3) is 4.53. The molecule has 0 saturated heterocycles. The number of amides is 1. The van der Waals surface area contributed by atoms with Crippen LogP contribution < -0.4 is 5.32 Å². The number of hydrogen-bond acceptors (Lipinski definition) is 10. The second-order valence-electron chi connectivity index (χ2n) is 4.84. The van der Waals surface area contributed by atoms with Crippen LogP contribution in [0.5, 0.6) is 0 Å². The molecule has 136 valence electrons. The molecular weight excluding hydrogens is 396 g/mol. The molecular formula is C14H8N6O5S2. The van der Waals surface area contributed by atoms with E-state index in [2.05, 4.69) is 20.5 Å². The van der Waals surface area contributed by atoms with Crippen LogP contribution in [0.2, 0.25) is 0 Å². The molecule has 1 aromatic carbocycles. The molecule has 0 saturated carbocycles. The molecule has 0 aliphatic carbocycles. The number of benzene rings is 1. The third-order valence-corrected chi connectivity index (χ3v) is 4.77. The van der Waals surface area contributed by atoms with Gasteiger partial charge in [-0.2, -0.15) is 0 Å². The number of aromatic nitrogens is 2. The number of rotatable bonds is 6. The van der Waals surface area contributed by atoms with Crippen LogP contribution in [0.25, 0.3) is 0 Å². The summed E-state index contributed by atoms with van der Waals surface area (Å²) < 4.78 is 0. The summed E-state index contributed by atoms with van der Waals surface area (Å²) in [7, 11) is 0. The van der Waals surface area contributed by atoms with Gasteiger partial charge in [-0.05, 0) is 12.1 Å². The van der Waals surface area contributed by atoms with E-state index < -0.39 is 15.8 Å². The summed E-state index contributed by atoms with van der Waals surface area (Å²) in [6.07, 6.45) is 1.41. The molecule has 0 radical (unpaired) electrons. The van der Waals surface area contributed by atoms with Crippen molar-refractivity contribution in [1.82, 2.24) is 10.2 Å². The molecule has 0 atom stereocenters. The number of aliphatic imine (C=N–C) groups is 1. The molecule has 2 aromatic heterocycles. The van der Waals surface area contributed by atoms with Gasteiger partial charge >= 0.3 is 5.00 Å². The molecule has 1 N–H and O–H groups in total. The first-order valence-corrected chi connectivity index (χ1v) is 8.73. The molecule has 27 heavy (non-hydrogen) atoms. The SMILES string of the molecule is O=C(Nc1nnc(/N=C/c2ccc([N+](=O)[O-])s2)s1)c1cccc([N+](=O)[O-])c1. The fourth-order valence-electron chi connectivity index (χ4n) is 1.88. The molecule has 2 heterocycles. The maximum atomic E-state index is 12.1. The number of non-ortho nitro benzene ring substituents is 1. The van der Waals surface area contributed by atoms with E-state index in [4.69, 9.17) is 0 Å². The highest BCUT2D eigenvalue weighted by Gasteiger charge is 2.14. The Kier molecular flexibility index (Phi) is 5.23. The van der Waals surface area contributed by atoms with Crippen molar-refractivity contribution in [2.45, 2.75) is 0 Å². The highest BCUT2D eigenvalue weighted by molar-refractivity contribution is 7.19. The average molecular weight is 404 g/mol. The van der Waals surface area contributed by atoms with Crippen molar-refractivity contribution >= 4 is 55.7 Å². The van der Waals surface area contributed by atoms with Crippen molar-refractivity contribution in [2.24, 2.45) is 4.99 Å². The van der Waals surface area contributed by atoms with E-state index >= 15 is 0 Å². The van der Waals surface area contributed by atoms with Crippen LogP contribution in [0.1, 0.15) is 15.2 Å². The van der Waals surface area contributed by atoms with Gasteiger partial charge in [0.15, 0.2) is 0 Å². The Morgan fingerprint density at radius 2 is 1.93 bits per heavy atom. The Balaban J connectivity index is 1.67. The van der Waals surface area contributed by atoms with Gasteiger partial charge in [0, 0.05) is 30.0 Å². The summed E-state index contributed by atoms with van der Waals surface area (Å²) in [5.74, 6) is -0.570. The van der Waals surface area contributed by atoms with E-state index in [1.54, 1.807) is 6.07 Å². The van der Waals surface area contributed by atoms with Crippen LogP contribution in [0, 0.1) is 20.2 Å². The van der Waals surface area contributed by atoms with E-state index in [1.165, 1.54) is 30.5 Å². The summed E-state index contributed by atoms with van der Waals surface area (Å²) >= 11 is 1.95. The third-order valence-electron chi connectivity index (χ3n) is 3.05. The summed E-state index contributed by atoms with van der Waals surface area (Å²) in [5, 5.41) is 31.8. The first-order valence-electron chi connectivity index (χ1n) is 7.10. The van der Waals surface area contributed by atoms with Crippen molar-refractivity contribution in [1.29, 1.82) is 0 Å². The Bertz CT molecular complexity index is 1060. The summed E-state index contributed by atoms with van der Waals surface area (Å²) in [6.45, 7) is 0. The second kappa shape index (κ2) is 7.76. The number of hydrogen-bond donors (Lipinski definition) is 1. The van der Waals surface area contributed by atoms with Gasteiger partial charge in [0.05, 0.1) is 14.7 Å². The number of nitro groups is 2. The zero-order valence-electron chi connectivity index (χ0n) is 13.1. The lowest BCUT2D eigenvalue weighted by Gasteiger charge is -2.00. The highest BCUT2D eigenvalue weighted by Crippen LogP contribution is 2.26. The standard InChI is InChI=1S/C14H8N6O5S2/c21-12(8-2-1-3-9(6-8)19(22)23)16-14-18-17-13(27-14)15-7-10-4-5-11(26-10)20(24)25/h1-7H,(H,16,18,21)/b15-7+. The number of carbonyl (C=O) groups excluding carboxylic acids is 1. The van der Waals surface area contributed by atoms with Crippen molar-refractivity contribution in [3.63, 3.8) is 0 Å². The van der Waals surface area contributed by atoms with E-state index in [0.717, 1.165) is 28.7 Å². The van der Waals surface area contributed by atoms with Gasteiger partial charge in [-0.3, -0.25) is 30.3 Å². The van der Waals surface area contributed by atoms with E-state index in [1.807, 2.05) is 0 Å². The number of anilines is 1. The van der Waals surface area contributed by atoms with Crippen LogP contribution in [-0.2, 0) is 0 Å². The molecule has 0 aliphatic rings. The normalized spacial score (nSPS) is 10.8. The number of carbonyl (C=O) groups is 1. The second-order valence-corrected chi connectivity index (χ2v) is 6.89. The lowest BCUT2D eigenvalue weighted by atomic mass is 10.2. The van der Waals surface area contributed by atoms with Crippen LogP contribution >= 0.6 is 22.7 Å². The van der Waals surface area contributed by atoms with Crippen molar-refractivity contribution < 1.29 is 14.6 Å². The molecule has 0 fully saturated rings. The molecule has 0 aliphatic heterocycles. The molecule has 11 nitrogen and oxygen atoms in total. The van der Waals surface area contributed by atoms with Crippen LogP contribution in [0.15, 0.2) is 41.4 Å². The molecule has 3 aromatic rings.